The van der Waals surface area contributed by atoms with Crippen LogP contribution in [-0.4, -0.2) is 25.5 Å². The molecule has 0 radical (unpaired) electrons. The molecule has 1 N–H and O–H groups in total. The summed E-state index contributed by atoms with van der Waals surface area (Å²) in [4.78, 5) is 21.3. The smallest absolute Gasteiger partial charge is 0.252 e. The van der Waals surface area contributed by atoms with Crippen LogP contribution < -0.4 is 5.32 Å². The van der Waals surface area contributed by atoms with Gasteiger partial charge in [0.05, 0.1) is 6.42 Å². The molecule has 136 valence electrons. The Kier molecular flexibility index (Phi) is 5.23. The lowest BCUT2D eigenvalue weighted by molar-refractivity contribution is -0.115. The summed E-state index contributed by atoms with van der Waals surface area (Å²) in [6.45, 7) is 7.93. The van der Waals surface area contributed by atoms with Gasteiger partial charge in [0.15, 0.2) is 5.82 Å². The highest BCUT2D eigenvalue weighted by Gasteiger charge is 2.16. The topological polar surface area (TPSA) is 72.2 Å². The van der Waals surface area contributed by atoms with Gasteiger partial charge in [0, 0.05) is 22.1 Å². The second-order valence-electron chi connectivity index (χ2n) is 6.27. The van der Waals surface area contributed by atoms with Crippen LogP contribution in [0.4, 0.5) is 5.69 Å². The quantitative estimate of drug-likeness (QED) is 0.742. The van der Waals surface area contributed by atoms with Crippen molar-refractivity contribution in [3.8, 4) is 0 Å². The fraction of sp³-hybridized carbons (Fsp3) is 0.368. The lowest BCUT2D eigenvalue weighted by Gasteiger charge is -2.15. The maximum Gasteiger partial charge on any atom is 0.252 e. The van der Waals surface area contributed by atoms with Gasteiger partial charge in [0.1, 0.15) is 0 Å². The van der Waals surface area contributed by atoms with E-state index >= 15 is 0 Å². The van der Waals surface area contributed by atoms with Gasteiger partial charge in [0.2, 0.25) is 5.91 Å². The predicted molar refractivity (Wildman–Crippen MR) is 103 cm³/mol. The number of halogens is 1. The molecule has 0 aliphatic heterocycles. The molecule has 0 fully saturated rings. The fourth-order valence-corrected chi connectivity index (χ4v) is 3.37. The summed E-state index contributed by atoms with van der Waals surface area (Å²) in [6.07, 6.45) is 1.65. The summed E-state index contributed by atoms with van der Waals surface area (Å²) in [5, 5.41) is 8.07. The lowest BCUT2D eigenvalue weighted by atomic mass is 10.0. The second kappa shape index (κ2) is 7.41. The zero-order valence-corrected chi connectivity index (χ0v) is 16.2. The lowest BCUT2D eigenvalue weighted by Crippen LogP contribution is -2.18. The van der Waals surface area contributed by atoms with Gasteiger partial charge in [-0.2, -0.15) is 4.98 Å². The van der Waals surface area contributed by atoms with Crippen molar-refractivity contribution in [3.63, 3.8) is 0 Å². The molecule has 1 amide bonds. The molecule has 0 bridgehead atoms. The highest BCUT2D eigenvalue weighted by Crippen LogP contribution is 2.29. The number of carbonyl (C=O) groups is 1. The third-order valence-electron chi connectivity index (χ3n) is 4.32. The Morgan fingerprint density at radius 3 is 2.65 bits per heavy atom. The highest BCUT2D eigenvalue weighted by atomic mass is 35.5. The minimum atomic E-state index is -0.165. The van der Waals surface area contributed by atoms with Gasteiger partial charge in [-0.15, -0.1) is 5.10 Å². The molecule has 0 spiro atoms. The van der Waals surface area contributed by atoms with Crippen LogP contribution in [0.3, 0.4) is 0 Å². The molecule has 0 unspecified atom stereocenters. The van der Waals surface area contributed by atoms with Crippen molar-refractivity contribution in [2.45, 2.75) is 47.0 Å². The number of fused-ring (bicyclic) bond motifs is 1. The SMILES string of the molecule is CCc1ccc(Cl)c(CC)c1NC(=O)Cc1nc2nc(C)cc(C)n2n1. The van der Waals surface area contributed by atoms with Gasteiger partial charge in [0.25, 0.3) is 5.78 Å². The molecule has 2 aromatic heterocycles. The normalized spacial score (nSPS) is 11.1. The van der Waals surface area contributed by atoms with Crippen molar-refractivity contribution < 1.29 is 4.79 Å². The van der Waals surface area contributed by atoms with Crippen molar-refractivity contribution in [3.05, 3.63) is 51.6 Å². The first-order valence-corrected chi connectivity index (χ1v) is 9.10. The van der Waals surface area contributed by atoms with E-state index in [0.29, 0.717) is 16.6 Å². The monoisotopic (exact) mass is 371 g/mol. The molecule has 3 aromatic rings. The fourth-order valence-electron chi connectivity index (χ4n) is 3.08. The number of carbonyl (C=O) groups excluding carboxylic acids is 1. The maximum atomic E-state index is 12.6. The third-order valence-corrected chi connectivity index (χ3v) is 4.68. The number of nitrogens with one attached hydrogen (secondary N) is 1. The van der Waals surface area contributed by atoms with Gasteiger partial charge in [-0.3, -0.25) is 4.79 Å². The number of aryl methyl sites for hydroxylation is 3. The summed E-state index contributed by atoms with van der Waals surface area (Å²) in [5.74, 6) is 0.792. The van der Waals surface area contributed by atoms with Crippen LogP contribution in [0.15, 0.2) is 18.2 Å². The average molecular weight is 372 g/mol. The van der Waals surface area contributed by atoms with E-state index in [1.54, 1.807) is 4.52 Å². The van der Waals surface area contributed by atoms with Crippen molar-refractivity contribution >= 4 is 29.0 Å². The van der Waals surface area contributed by atoms with Crippen molar-refractivity contribution in [2.24, 2.45) is 0 Å². The first-order chi connectivity index (χ1) is 12.4. The summed E-state index contributed by atoms with van der Waals surface area (Å²) >= 11 is 6.30. The van der Waals surface area contributed by atoms with Gasteiger partial charge in [-0.1, -0.05) is 31.5 Å². The Hall–Kier alpha value is -2.47. The molecule has 0 saturated carbocycles. The van der Waals surface area contributed by atoms with Crippen molar-refractivity contribution in [1.82, 2.24) is 19.6 Å². The number of rotatable bonds is 5. The second-order valence-corrected chi connectivity index (χ2v) is 6.68. The highest BCUT2D eigenvalue weighted by molar-refractivity contribution is 6.32. The molecule has 6 nitrogen and oxygen atoms in total. The van der Waals surface area contributed by atoms with E-state index in [-0.39, 0.29) is 12.3 Å². The van der Waals surface area contributed by atoms with E-state index in [1.165, 1.54) is 0 Å². The van der Waals surface area contributed by atoms with Crippen LogP contribution >= 0.6 is 11.6 Å². The first-order valence-electron chi connectivity index (χ1n) is 8.72. The Morgan fingerprint density at radius 1 is 1.19 bits per heavy atom. The van der Waals surface area contributed by atoms with Gasteiger partial charge >= 0.3 is 0 Å². The zero-order chi connectivity index (χ0) is 18.8. The molecular weight excluding hydrogens is 350 g/mol. The number of anilines is 1. The Labute approximate surface area is 157 Å². The van der Waals surface area contributed by atoms with E-state index in [2.05, 4.69) is 27.3 Å². The van der Waals surface area contributed by atoms with Crippen LogP contribution in [0.2, 0.25) is 5.02 Å². The van der Waals surface area contributed by atoms with Crippen LogP contribution in [-0.2, 0) is 24.1 Å². The van der Waals surface area contributed by atoms with Crippen LogP contribution in [0.1, 0.15) is 42.2 Å². The summed E-state index contributed by atoms with van der Waals surface area (Å²) in [6, 6.07) is 5.77. The van der Waals surface area contributed by atoms with Crippen molar-refractivity contribution in [2.75, 3.05) is 5.32 Å². The molecule has 3 rings (SSSR count). The largest absolute Gasteiger partial charge is 0.325 e. The third kappa shape index (κ3) is 3.55. The number of aromatic nitrogens is 4. The first kappa shape index (κ1) is 18.3. The van der Waals surface area contributed by atoms with E-state index in [4.69, 9.17) is 11.6 Å². The molecule has 26 heavy (non-hydrogen) atoms. The standard InChI is InChI=1S/C19H22ClN5O/c1-5-13-7-8-15(20)14(6-2)18(13)23-17(26)10-16-22-19-21-11(3)9-12(4)25(19)24-16/h7-9H,5-6,10H2,1-4H3,(H,23,26). The van der Waals surface area contributed by atoms with Gasteiger partial charge < -0.3 is 5.32 Å². The van der Waals surface area contributed by atoms with Crippen LogP contribution in [0.25, 0.3) is 5.78 Å². The minimum absolute atomic E-state index is 0.0840. The maximum absolute atomic E-state index is 12.6. The van der Waals surface area contributed by atoms with Crippen LogP contribution in [0.5, 0.6) is 0 Å². The molecule has 1 aromatic carbocycles. The number of hydrogen-bond acceptors (Lipinski definition) is 4. The summed E-state index contributed by atoms with van der Waals surface area (Å²) in [7, 11) is 0. The van der Waals surface area contributed by atoms with E-state index < -0.39 is 0 Å². The molecule has 2 heterocycles. The molecular formula is C19H22ClN5O. The molecule has 0 aliphatic rings. The summed E-state index contributed by atoms with van der Waals surface area (Å²) in [5.41, 5.74) is 4.63. The van der Waals surface area contributed by atoms with Gasteiger partial charge in [-0.25, -0.2) is 9.50 Å². The molecule has 7 heteroatoms. The molecule has 0 saturated heterocycles. The molecule has 0 aliphatic carbocycles. The number of amides is 1. The zero-order valence-electron chi connectivity index (χ0n) is 15.4. The average Bonchev–Trinajstić information content (AvgIpc) is 2.97. The molecule has 0 atom stereocenters. The van der Waals surface area contributed by atoms with Crippen molar-refractivity contribution in [1.29, 1.82) is 0 Å². The minimum Gasteiger partial charge on any atom is -0.325 e. The van der Waals surface area contributed by atoms with E-state index in [9.17, 15) is 4.79 Å². The predicted octanol–water partition coefficient (Wildman–Crippen LogP) is 3.70. The number of nitrogens with zero attached hydrogens (tertiary/aromatic N) is 4. The number of hydrogen-bond donors (Lipinski definition) is 1. The summed E-state index contributed by atoms with van der Waals surface area (Å²) < 4.78 is 1.66. The Balaban J connectivity index is 1.86. The van der Waals surface area contributed by atoms with Crippen LogP contribution in [0, 0.1) is 13.8 Å². The van der Waals surface area contributed by atoms with E-state index in [1.807, 2.05) is 39.0 Å². The Morgan fingerprint density at radius 2 is 1.96 bits per heavy atom. The van der Waals surface area contributed by atoms with Gasteiger partial charge in [-0.05, 0) is 49.9 Å². The number of benzene rings is 1. The Bertz CT molecular complexity index is 980. The van der Waals surface area contributed by atoms with E-state index in [0.717, 1.165) is 41.0 Å².